The molecule has 0 heterocycles. The Kier molecular flexibility index (Phi) is 5.93. The highest BCUT2D eigenvalue weighted by molar-refractivity contribution is 14.1. The normalized spacial score (nSPS) is 8.11. The van der Waals surface area contributed by atoms with Crippen molar-refractivity contribution in [2.75, 3.05) is 0 Å². The maximum Gasteiger partial charge on any atom is 0.0247 e. The van der Waals surface area contributed by atoms with E-state index in [0.717, 1.165) is 4.43 Å². The Morgan fingerprint density at radius 2 is 1.67 bits per heavy atom. The molecule has 1 aromatic carbocycles. The summed E-state index contributed by atoms with van der Waals surface area (Å²) < 4.78 is 1.11. The van der Waals surface area contributed by atoms with Crippen LogP contribution in [-0.4, -0.2) is 23.1 Å². The molecular weight excluding hydrogens is 235 g/mol. The van der Waals surface area contributed by atoms with Crippen LogP contribution in [0.3, 0.4) is 0 Å². The van der Waals surface area contributed by atoms with Gasteiger partial charge >= 0.3 is 0 Å². The predicted molar refractivity (Wildman–Crippen MR) is 49.9 cm³/mol. The van der Waals surface area contributed by atoms with E-state index >= 15 is 0 Å². The lowest BCUT2D eigenvalue weighted by molar-refractivity contribution is 1.46. The van der Waals surface area contributed by atoms with Gasteiger partial charge in [-0.05, 0) is 5.56 Å². The maximum absolute atomic E-state index is 2.35. The molecule has 0 saturated heterocycles. The third-order valence-corrected chi connectivity index (χ3v) is 1.88. The fraction of sp³-hybridized carbons (Fsp3) is 0.143. The highest BCUT2D eigenvalue weighted by Crippen LogP contribution is 2.02. The van der Waals surface area contributed by atoms with Crippen LogP contribution in [-0.2, 0) is 4.43 Å². The van der Waals surface area contributed by atoms with Crippen LogP contribution in [0.1, 0.15) is 5.56 Å². The summed E-state index contributed by atoms with van der Waals surface area (Å²) in [6.07, 6.45) is 0. The minimum atomic E-state index is 0. The first-order valence-corrected chi connectivity index (χ1v) is 4.06. The van der Waals surface area contributed by atoms with Crippen molar-refractivity contribution in [1.82, 2.24) is 0 Å². The highest BCUT2D eigenvalue weighted by Gasteiger charge is 1.81. The molecule has 0 saturated carbocycles. The molecule has 2 radical (unpaired) electrons. The minimum absolute atomic E-state index is 0. The van der Waals surface area contributed by atoms with Crippen molar-refractivity contribution < 1.29 is 0 Å². The Balaban J connectivity index is 0.000000640. The van der Waals surface area contributed by atoms with Crippen LogP contribution < -0.4 is 0 Å². The summed E-state index contributed by atoms with van der Waals surface area (Å²) in [5.74, 6) is 0. The van der Waals surface area contributed by atoms with Crippen LogP contribution in [0, 0.1) is 0 Å². The largest absolute Gasteiger partial charge is 0.0812 e. The van der Waals surface area contributed by atoms with Crippen molar-refractivity contribution in [3.05, 3.63) is 35.9 Å². The average molecular weight is 242 g/mol. The molecule has 0 amide bonds. The zero-order chi connectivity index (χ0) is 5.82. The van der Waals surface area contributed by atoms with Crippen LogP contribution in [0.15, 0.2) is 30.3 Å². The van der Waals surface area contributed by atoms with Crippen molar-refractivity contribution >= 4 is 45.6 Å². The quantitative estimate of drug-likeness (QED) is 0.402. The summed E-state index contributed by atoms with van der Waals surface area (Å²) in [7, 11) is 0. The number of hydrogen-bond acceptors (Lipinski definition) is 0. The van der Waals surface area contributed by atoms with E-state index in [1.54, 1.807) is 0 Å². The van der Waals surface area contributed by atoms with Gasteiger partial charge < -0.3 is 0 Å². The van der Waals surface area contributed by atoms with Gasteiger partial charge in [0.15, 0.2) is 0 Å². The second-order valence-corrected chi connectivity index (χ2v) is 2.38. The fourth-order valence-electron chi connectivity index (χ4n) is 0.567. The lowest BCUT2D eigenvalue weighted by atomic mass is 10.2. The molecule has 0 nitrogen and oxygen atoms in total. The van der Waals surface area contributed by atoms with Crippen molar-refractivity contribution in [3.63, 3.8) is 0 Å². The topological polar surface area (TPSA) is 0 Å². The number of hydrogen-bond donors (Lipinski definition) is 0. The second kappa shape index (κ2) is 5.50. The van der Waals surface area contributed by atoms with E-state index in [1.807, 2.05) is 6.07 Å². The highest BCUT2D eigenvalue weighted by atomic mass is 127. The standard InChI is InChI=1S/C7H7I.Mg/c8-6-7-4-2-1-3-5-7;/h1-5H,6H2;. The van der Waals surface area contributed by atoms with Gasteiger partial charge in [0.25, 0.3) is 0 Å². The van der Waals surface area contributed by atoms with Gasteiger partial charge in [0.2, 0.25) is 0 Å². The number of alkyl halides is 1. The van der Waals surface area contributed by atoms with Gasteiger partial charge in [0, 0.05) is 27.5 Å². The molecule has 44 valence electrons. The molecule has 0 unspecified atom stereocenters. The molecule has 0 bridgehead atoms. The van der Waals surface area contributed by atoms with Crippen molar-refractivity contribution in [2.45, 2.75) is 4.43 Å². The molecule has 1 rings (SSSR count). The number of benzene rings is 1. The lowest BCUT2D eigenvalue weighted by Gasteiger charge is -1.88. The van der Waals surface area contributed by atoms with Gasteiger partial charge in [-0.25, -0.2) is 0 Å². The second-order valence-electron chi connectivity index (χ2n) is 1.62. The van der Waals surface area contributed by atoms with Crippen LogP contribution in [0.5, 0.6) is 0 Å². The predicted octanol–water partition coefficient (Wildman–Crippen LogP) is 2.24. The van der Waals surface area contributed by atoms with Crippen LogP contribution in [0.25, 0.3) is 0 Å². The third kappa shape index (κ3) is 3.42. The van der Waals surface area contributed by atoms with Gasteiger partial charge in [-0.3, -0.25) is 0 Å². The minimum Gasteiger partial charge on any atom is -0.0812 e. The third-order valence-electron chi connectivity index (χ3n) is 0.997. The Labute approximate surface area is 85.3 Å². The van der Waals surface area contributed by atoms with Gasteiger partial charge in [-0.2, -0.15) is 0 Å². The number of halogens is 1. The van der Waals surface area contributed by atoms with Gasteiger partial charge in [-0.15, -0.1) is 0 Å². The molecule has 0 aliphatic heterocycles. The molecule has 0 atom stereocenters. The molecule has 0 aliphatic rings. The van der Waals surface area contributed by atoms with E-state index in [0.29, 0.717) is 0 Å². The van der Waals surface area contributed by atoms with Gasteiger partial charge in [-0.1, -0.05) is 52.9 Å². The summed E-state index contributed by atoms with van der Waals surface area (Å²) in [5, 5.41) is 0. The Morgan fingerprint density at radius 1 is 1.11 bits per heavy atom. The van der Waals surface area contributed by atoms with E-state index < -0.39 is 0 Å². The molecule has 2 heteroatoms. The Bertz CT molecular complexity index is 150. The fourth-order valence-corrected chi connectivity index (χ4v) is 1.08. The van der Waals surface area contributed by atoms with E-state index in [-0.39, 0.29) is 23.1 Å². The summed E-state index contributed by atoms with van der Waals surface area (Å²) in [4.78, 5) is 0. The molecule has 0 aromatic heterocycles. The van der Waals surface area contributed by atoms with E-state index in [9.17, 15) is 0 Å². The summed E-state index contributed by atoms with van der Waals surface area (Å²) in [6, 6.07) is 10.4. The smallest absolute Gasteiger partial charge is 0.0247 e. The molecular formula is C7H7IMg. The van der Waals surface area contributed by atoms with Crippen LogP contribution in [0.2, 0.25) is 0 Å². The summed E-state index contributed by atoms with van der Waals surface area (Å²) in [5.41, 5.74) is 1.40. The maximum atomic E-state index is 2.35. The lowest BCUT2D eigenvalue weighted by Crippen LogP contribution is -1.70. The molecule has 9 heavy (non-hydrogen) atoms. The van der Waals surface area contributed by atoms with E-state index in [2.05, 4.69) is 46.9 Å². The first kappa shape index (κ1) is 9.72. The Hall–Kier alpha value is 0.716. The van der Waals surface area contributed by atoms with E-state index in [1.165, 1.54) is 5.56 Å². The van der Waals surface area contributed by atoms with Crippen molar-refractivity contribution in [3.8, 4) is 0 Å². The SMILES string of the molecule is ICc1ccccc1.[Mg]. The van der Waals surface area contributed by atoms with Crippen LogP contribution >= 0.6 is 22.6 Å². The van der Waals surface area contributed by atoms with Gasteiger partial charge in [0.1, 0.15) is 0 Å². The molecule has 0 aliphatic carbocycles. The monoisotopic (exact) mass is 242 g/mol. The first-order valence-electron chi connectivity index (χ1n) is 2.53. The Morgan fingerprint density at radius 3 is 2.00 bits per heavy atom. The molecule has 1 aromatic rings. The van der Waals surface area contributed by atoms with E-state index in [4.69, 9.17) is 0 Å². The van der Waals surface area contributed by atoms with Crippen LogP contribution in [0.4, 0.5) is 0 Å². The van der Waals surface area contributed by atoms with Crippen molar-refractivity contribution in [2.24, 2.45) is 0 Å². The van der Waals surface area contributed by atoms with Crippen molar-refractivity contribution in [1.29, 1.82) is 0 Å². The molecule has 0 fully saturated rings. The summed E-state index contributed by atoms with van der Waals surface area (Å²) >= 11 is 2.35. The average Bonchev–Trinajstić information content (AvgIpc) is 1.90. The molecule has 0 spiro atoms. The zero-order valence-corrected chi connectivity index (χ0v) is 8.75. The summed E-state index contributed by atoms with van der Waals surface area (Å²) in [6.45, 7) is 0. The molecule has 0 N–H and O–H groups in total. The first-order chi connectivity index (χ1) is 3.93. The zero-order valence-electron chi connectivity index (χ0n) is 5.18. The number of rotatable bonds is 1. The van der Waals surface area contributed by atoms with Gasteiger partial charge in [0.05, 0.1) is 0 Å².